The van der Waals surface area contributed by atoms with E-state index in [1.807, 2.05) is 24.3 Å². The maximum atomic E-state index is 11.3. The lowest BCUT2D eigenvalue weighted by Crippen LogP contribution is -2.24. The van der Waals surface area contributed by atoms with Gasteiger partial charge >= 0.3 is 0 Å². The van der Waals surface area contributed by atoms with Crippen molar-refractivity contribution in [2.24, 2.45) is 0 Å². The molecule has 0 saturated heterocycles. The van der Waals surface area contributed by atoms with Crippen LogP contribution in [0, 0.1) is 0 Å². The number of nitrogens with zero attached hydrogens (tertiary/aromatic N) is 1. The van der Waals surface area contributed by atoms with Crippen molar-refractivity contribution < 1.29 is 4.79 Å². The summed E-state index contributed by atoms with van der Waals surface area (Å²) in [5.74, 6) is -0.0539. The van der Waals surface area contributed by atoms with Gasteiger partial charge in [-0.2, -0.15) is 0 Å². The quantitative estimate of drug-likeness (QED) is 0.740. The number of carbonyl (C=O) groups is 1. The van der Waals surface area contributed by atoms with E-state index >= 15 is 0 Å². The minimum atomic E-state index is -0.0539. The number of anilines is 1. The molecule has 3 N–H and O–H groups in total. The van der Waals surface area contributed by atoms with Gasteiger partial charge in [-0.25, -0.2) is 4.98 Å². The number of amides is 1. The number of aromatic amines is 1. The van der Waals surface area contributed by atoms with E-state index in [0.717, 1.165) is 16.9 Å². The number of rotatable bonds is 4. The van der Waals surface area contributed by atoms with Crippen molar-refractivity contribution in [3.63, 3.8) is 0 Å². The fraction of sp³-hybridized carbons (Fsp3) is 0.167. The summed E-state index contributed by atoms with van der Waals surface area (Å²) in [6.45, 7) is 0.308. The standard InChI is InChI=1S/C12H14N4O/c1-13-7-12(17)16-10-4-2-9(3-5-10)11-6-14-8-15-11/h2-6,8,13H,7H2,1H3,(H,14,15)(H,16,17). The first-order valence-corrected chi connectivity index (χ1v) is 5.33. The zero-order valence-electron chi connectivity index (χ0n) is 9.53. The molecule has 88 valence electrons. The van der Waals surface area contributed by atoms with E-state index in [2.05, 4.69) is 20.6 Å². The second kappa shape index (κ2) is 5.27. The van der Waals surface area contributed by atoms with Crippen LogP contribution >= 0.6 is 0 Å². The van der Waals surface area contributed by atoms with Gasteiger partial charge in [-0.05, 0) is 24.7 Å². The van der Waals surface area contributed by atoms with Crippen molar-refractivity contribution in [2.75, 3.05) is 18.9 Å². The molecule has 0 spiro atoms. The van der Waals surface area contributed by atoms with Gasteiger partial charge in [0.2, 0.25) is 5.91 Å². The van der Waals surface area contributed by atoms with E-state index in [1.54, 1.807) is 19.6 Å². The minimum absolute atomic E-state index is 0.0539. The van der Waals surface area contributed by atoms with Crippen LogP contribution in [0.15, 0.2) is 36.8 Å². The molecule has 17 heavy (non-hydrogen) atoms. The van der Waals surface area contributed by atoms with E-state index in [-0.39, 0.29) is 5.91 Å². The largest absolute Gasteiger partial charge is 0.345 e. The highest BCUT2D eigenvalue weighted by Gasteiger charge is 2.02. The number of likely N-dealkylation sites (N-methyl/N-ethyl adjacent to an activating group) is 1. The molecule has 2 aromatic rings. The lowest BCUT2D eigenvalue weighted by atomic mass is 10.1. The molecule has 1 aromatic carbocycles. The van der Waals surface area contributed by atoms with Crippen molar-refractivity contribution in [1.82, 2.24) is 15.3 Å². The van der Waals surface area contributed by atoms with Gasteiger partial charge in [0.1, 0.15) is 0 Å². The molecule has 0 aliphatic carbocycles. The Balaban J connectivity index is 2.06. The molecular formula is C12H14N4O. The first kappa shape index (κ1) is 11.3. The fourth-order valence-electron chi connectivity index (χ4n) is 1.51. The van der Waals surface area contributed by atoms with Crippen LogP contribution in [0.1, 0.15) is 0 Å². The van der Waals surface area contributed by atoms with Gasteiger partial charge in [0.05, 0.1) is 24.8 Å². The van der Waals surface area contributed by atoms with Gasteiger partial charge in [-0.3, -0.25) is 4.79 Å². The highest BCUT2D eigenvalue weighted by atomic mass is 16.1. The molecule has 0 bridgehead atoms. The number of nitrogens with one attached hydrogen (secondary N) is 3. The smallest absolute Gasteiger partial charge is 0.238 e. The van der Waals surface area contributed by atoms with Gasteiger partial charge < -0.3 is 15.6 Å². The van der Waals surface area contributed by atoms with Crippen LogP contribution in [-0.2, 0) is 4.79 Å². The summed E-state index contributed by atoms with van der Waals surface area (Å²) in [4.78, 5) is 18.3. The van der Waals surface area contributed by atoms with Crippen LogP contribution in [0.5, 0.6) is 0 Å². The Bertz CT molecular complexity index is 476. The predicted molar refractivity (Wildman–Crippen MR) is 66.6 cm³/mol. The maximum absolute atomic E-state index is 11.3. The first-order chi connectivity index (χ1) is 8.29. The maximum Gasteiger partial charge on any atom is 0.238 e. The molecule has 0 atom stereocenters. The summed E-state index contributed by atoms with van der Waals surface area (Å²) in [5, 5.41) is 5.58. The lowest BCUT2D eigenvalue weighted by molar-refractivity contribution is -0.115. The van der Waals surface area contributed by atoms with E-state index in [4.69, 9.17) is 0 Å². The third-order valence-electron chi connectivity index (χ3n) is 2.32. The number of hydrogen-bond acceptors (Lipinski definition) is 3. The summed E-state index contributed by atoms with van der Waals surface area (Å²) in [6, 6.07) is 7.60. The van der Waals surface area contributed by atoms with Crippen LogP contribution in [0.3, 0.4) is 0 Å². The summed E-state index contributed by atoms with van der Waals surface area (Å²) < 4.78 is 0. The molecule has 1 amide bonds. The molecule has 0 aliphatic heterocycles. The Morgan fingerprint density at radius 1 is 1.35 bits per heavy atom. The Kier molecular flexibility index (Phi) is 3.52. The van der Waals surface area contributed by atoms with Gasteiger partial charge in [-0.1, -0.05) is 12.1 Å². The van der Waals surface area contributed by atoms with Crippen molar-refractivity contribution in [3.8, 4) is 11.3 Å². The number of hydrogen-bond donors (Lipinski definition) is 3. The molecule has 0 unspecified atom stereocenters. The van der Waals surface area contributed by atoms with Gasteiger partial charge in [-0.15, -0.1) is 0 Å². The van der Waals surface area contributed by atoms with Crippen LogP contribution in [0.2, 0.25) is 0 Å². The first-order valence-electron chi connectivity index (χ1n) is 5.33. The van der Waals surface area contributed by atoms with E-state index in [9.17, 15) is 4.79 Å². The number of H-pyrrole nitrogens is 1. The van der Waals surface area contributed by atoms with Crippen LogP contribution in [0.25, 0.3) is 11.3 Å². The zero-order chi connectivity index (χ0) is 12.1. The van der Waals surface area contributed by atoms with E-state index < -0.39 is 0 Å². The molecule has 1 aromatic heterocycles. The molecular weight excluding hydrogens is 216 g/mol. The topological polar surface area (TPSA) is 69.8 Å². The summed E-state index contributed by atoms with van der Waals surface area (Å²) in [5.41, 5.74) is 2.78. The zero-order valence-corrected chi connectivity index (χ0v) is 9.53. The monoisotopic (exact) mass is 230 g/mol. The third kappa shape index (κ3) is 2.92. The summed E-state index contributed by atoms with van der Waals surface area (Å²) in [6.07, 6.45) is 3.40. The molecule has 0 saturated carbocycles. The number of benzene rings is 1. The second-order valence-corrected chi connectivity index (χ2v) is 3.62. The summed E-state index contributed by atoms with van der Waals surface area (Å²) >= 11 is 0. The van der Waals surface area contributed by atoms with Crippen LogP contribution < -0.4 is 10.6 Å². The van der Waals surface area contributed by atoms with Gasteiger partial charge in [0.15, 0.2) is 0 Å². The Labute approximate surface area is 99.3 Å². The van der Waals surface area contributed by atoms with Crippen molar-refractivity contribution in [3.05, 3.63) is 36.8 Å². The molecule has 1 heterocycles. The molecule has 5 heteroatoms. The SMILES string of the molecule is CNCC(=O)Nc1ccc(-c2cnc[nH]2)cc1. The predicted octanol–water partition coefficient (Wildman–Crippen LogP) is 1.23. The second-order valence-electron chi connectivity index (χ2n) is 3.62. The molecule has 2 rings (SSSR count). The minimum Gasteiger partial charge on any atom is -0.345 e. The van der Waals surface area contributed by atoms with Crippen molar-refractivity contribution >= 4 is 11.6 Å². The average molecular weight is 230 g/mol. The normalized spacial score (nSPS) is 10.2. The van der Waals surface area contributed by atoms with E-state index in [0.29, 0.717) is 6.54 Å². The Morgan fingerprint density at radius 3 is 2.71 bits per heavy atom. The number of aromatic nitrogens is 2. The highest BCUT2D eigenvalue weighted by Crippen LogP contribution is 2.18. The van der Waals surface area contributed by atoms with Gasteiger partial charge in [0.25, 0.3) is 0 Å². The Hall–Kier alpha value is -2.14. The van der Waals surface area contributed by atoms with Crippen LogP contribution in [-0.4, -0.2) is 29.5 Å². The molecule has 0 aliphatic rings. The summed E-state index contributed by atoms with van der Waals surface area (Å²) in [7, 11) is 1.74. The van der Waals surface area contributed by atoms with Crippen LogP contribution in [0.4, 0.5) is 5.69 Å². The lowest BCUT2D eigenvalue weighted by Gasteiger charge is -2.05. The molecule has 0 fully saturated rings. The van der Waals surface area contributed by atoms with Crippen molar-refractivity contribution in [1.29, 1.82) is 0 Å². The Morgan fingerprint density at radius 2 is 2.12 bits per heavy atom. The fourth-order valence-corrected chi connectivity index (χ4v) is 1.51. The number of carbonyl (C=O) groups excluding carboxylic acids is 1. The van der Waals surface area contributed by atoms with Gasteiger partial charge in [0, 0.05) is 5.69 Å². The third-order valence-corrected chi connectivity index (χ3v) is 2.32. The molecule has 0 radical (unpaired) electrons. The average Bonchev–Trinajstić information content (AvgIpc) is 2.84. The van der Waals surface area contributed by atoms with Crippen molar-refractivity contribution in [2.45, 2.75) is 0 Å². The highest BCUT2D eigenvalue weighted by molar-refractivity contribution is 5.92. The van der Waals surface area contributed by atoms with E-state index in [1.165, 1.54) is 0 Å². The number of imidazole rings is 1. The molecule has 5 nitrogen and oxygen atoms in total.